The molecule has 1 saturated heterocycles. The lowest BCUT2D eigenvalue weighted by Gasteiger charge is -2.34. The van der Waals surface area contributed by atoms with E-state index in [9.17, 15) is 4.79 Å². The molecule has 2 N–H and O–H groups in total. The SMILES string of the molecule is CCOC1CCN(C(=O)C(CN)CC(C)C)CC1. The first-order chi connectivity index (χ1) is 8.58. The Kier molecular flexibility index (Phi) is 6.65. The number of rotatable bonds is 6. The third-order valence-electron chi connectivity index (χ3n) is 3.55. The minimum absolute atomic E-state index is 0.00589. The normalized spacial score (nSPS) is 19.3. The lowest BCUT2D eigenvalue weighted by Crippen LogP contribution is -2.45. The molecule has 1 rings (SSSR count). The average Bonchev–Trinajstić information content (AvgIpc) is 2.36. The number of ether oxygens (including phenoxy) is 1. The molecule has 1 amide bonds. The second kappa shape index (κ2) is 7.74. The molecule has 1 aliphatic heterocycles. The lowest BCUT2D eigenvalue weighted by molar-refractivity contribution is -0.138. The van der Waals surface area contributed by atoms with Crippen molar-refractivity contribution >= 4 is 5.91 Å². The number of carbonyl (C=O) groups excluding carboxylic acids is 1. The summed E-state index contributed by atoms with van der Waals surface area (Å²) >= 11 is 0. The van der Waals surface area contributed by atoms with Gasteiger partial charge in [-0.3, -0.25) is 4.79 Å². The Morgan fingerprint density at radius 2 is 2.00 bits per heavy atom. The van der Waals surface area contributed by atoms with Crippen LogP contribution >= 0.6 is 0 Å². The second-order valence-electron chi connectivity index (χ2n) is 5.54. The predicted octanol–water partition coefficient (Wildman–Crippen LogP) is 1.63. The number of hydrogen-bond acceptors (Lipinski definition) is 3. The highest BCUT2D eigenvalue weighted by molar-refractivity contribution is 5.79. The first-order valence-electron chi connectivity index (χ1n) is 7.18. The molecule has 0 aromatic rings. The fraction of sp³-hybridized carbons (Fsp3) is 0.929. The zero-order valence-corrected chi connectivity index (χ0v) is 12.0. The van der Waals surface area contributed by atoms with Crippen LogP contribution in [0.15, 0.2) is 0 Å². The van der Waals surface area contributed by atoms with Gasteiger partial charge in [-0.1, -0.05) is 13.8 Å². The van der Waals surface area contributed by atoms with Gasteiger partial charge in [-0.15, -0.1) is 0 Å². The molecular formula is C14H28N2O2. The second-order valence-corrected chi connectivity index (χ2v) is 5.54. The quantitative estimate of drug-likeness (QED) is 0.786. The molecular weight excluding hydrogens is 228 g/mol. The van der Waals surface area contributed by atoms with Gasteiger partial charge < -0.3 is 15.4 Å². The summed E-state index contributed by atoms with van der Waals surface area (Å²) in [5.41, 5.74) is 5.73. The zero-order chi connectivity index (χ0) is 13.5. The van der Waals surface area contributed by atoms with E-state index < -0.39 is 0 Å². The first-order valence-corrected chi connectivity index (χ1v) is 7.18. The monoisotopic (exact) mass is 256 g/mol. The van der Waals surface area contributed by atoms with E-state index >= 15 is 0 Å². The van der Waals surface area contributed by atoms with E-state index in [-0.39, 0.29) is 11.8 Å². The fourth-order valence-corrected chi connectivity index (χ4v) is 2.60. The summed E-state index contributed by atoms with van der Waals surface area (Å²) in [6, 6.07) is 0. The van der Waals surface area contributed by atoms with Gasteiger partial charge in [0.25, 0.3) is 0 Å². The van der Waals surface area contributed by atoms with Gasteiger partial charge in [0.15, 0.2) is 0 Å². The van der Waals surface area contributed by atoms with Crippen molar-refractivity contribution in [2.24, 2.45) is 17.6 Å². The van der Waals surface area contributed by atoms with Crippen LogP contribution in [-0.2, 0) is 9.53 Å². The Morgan fingerprint density at radius 3 is 2.44 bits per heavy atom. The van der Waals surface area contributed by atoms with E-state index in [1.54, 1.807) is 0 Å². The molecule has 0 radical (unpaired) electrons. The molecule has 1 atom stereocenters. The van der Waals surface area contributed by atoms with Crippen molar-refractivity contribution in [3.8, 4) is 0 Å². The largest absolute Gasteiger partial charge is 0.378 e. The van der Waals surface area contributed by atoms with Crippen LogP contribution < -0.4 is 5.73 Å². The molecule has 1 fully saturated rings. The maximum absolute atomic E-state index is 12.3. The van der Waals surface area contributed by atoms with Gasteiger partial charge in [-0.25, -0.2) is 0 Å². The predicted molar refractivity (Wildman–Crippen MR) is 73.2 cm³/mol. The van der Waals surface area contributed by atoms with Crippen LogP contribution in [0, 0.1) is 11.8 Å². The highest BCUT2D eigenvalue weighted by atomic mass is 16.5. The number of likely N-dealkylation sites (tertiary alicyclic amines) is 1. The third-order valence-corrected chi connectivity index (χ3v) is 3.55. The molecule has 0 saturated carbocycles. The summed E-state index contributed by atoms with van der Waals surface area (Å²) in [4.78, 5) is 14.3. The number of piperidine rings is 1. The molecule has 0 spiro atoms. The molecule has 1 heterocycles. The maximum atomic E-state index is 12.3. The maximum Gasteiger partial charge on any atom is 0.226 e. The van der Waals surface area contributed by atoms with E-state index in [0.29, 0.717) is 18.6 Å². The standard InChI is InChI=1S/C14H28N2O2/c1-4-18-13-5-7-16(8-6-13)14(17)12(10-15)9-11(2)3/h11-13H,4-10,15H2,1-3H3. The number of nitrogens with zero attached hydrogens (tertiary/aromatic N) is 1. The Labute approximate surface area is 111 Å². The van der Waals surface area contributed by atoms with Gasteiger partial charge in [0, 0.05) is 26.2 Å². The molecule has 18 heavy (non-hydrogen) atoms. The van der Waals surface area contributed by atoms with Gasteiger partial charge >= 0.3 is 0 Å². The van der Waals surface area contributed by atoms with Gasteiger partial charge in [0.05, 0.1) is 12.0 Å². The van der Waals surface area contributed by atoms with Crippen molar-refractivity contribution in [3.05, 3.63) is 0 Å². The summed E-state index contributed by atoms with van der Waals surface area (Å²) in [7, 11) is 0. The molecule has 1 aliphatic rings. The van der Waals surface area contributed by atoms with Crippen LogP contribution in [0.3, 0.4) is 0 Å². The van der Waals surface area contributed by atoms with Crippen LogP contribution in [-0.4, -0.2) is 43.2 Å². The number of nitrogens with two attached hydrogens (primary N) is 1. The molecule has 0 aromatic heterocycles. The summed E-state index contributed by atoms with van der Waals surface area (Å²) in [6.45, 7) is 9.15. The third kappa shape index (κ3) is 4.58. The van der Waals surface area contributed by atoms with Crippen LogP contribution in [0.4, 0.5) is 0 Å². The van der Waals surface area contributed by atoms with Crippen molar-refractivity contribution in [1.82, 2.24) is 4.90 Å². The Bertz CT molecular complexity index is 248. The van der Waals surface area contributed by atoms with Crippen molar-refractivity contribution in [1.29, 1.82) is 0 Å². The van der Waals surface area contributed by atoms with Crippen molar-refractivity contribution < 1.29 is 9.53 Å². The minimum atomic E-state index is -0.00589. The minimum Gasteiger partial charge on any atom is -0.378 e. The van der Waals surface area contributed by atoms with Crippen LogP contribution in [0.5, 0.6) is 0 Å². The molecule has 106 valence electrons. The molecule has 1 unspecified atom stereocenters. The van der Waals surface area contributed by atoms with Gasteiger partial charge in [-0.05, 0) is 32.1 Å². The Hall–Kier alpha value is -0.610. The zero-order valence-electron chi connectivity index (χ0n) is 12.0. The van der Waals surface area contributed by atoms with E-state index in [0.717, 1.165) is 39.0 Å². The Balaban J connectivity index is 2.42. The summed E-state index contributed by atoms with van der Waals surface area (Å²) in [5.74, 6) is 0.748. The molecule has 4 heteroatoms. The van der Waals surface area contributed by atoms with E-state index in [4.69, 9.17) is 10.5 Å². The number of hydrogen-bond donors (Lipinski definition) is 1. The molecule has 0 aliphatic carbocycles. The highest BCUT2D eigenvalue weighted by Crippen LogP contribution is 2.19. The first kappa shape index (κ1) is 15.4. The highest BCUT2D eigenvalue weighted by Gasteiger charge is 2.27. The molecule has 0 bridgehead atoms. The number of carbonyl (C=O) groups is 1. The summed E-state index contributed by atoms with van der Waals surface area (Å²) in [5, 5.41) is 0. The van der Waals surface area contributed by atoms with E-state index in [1.807, 2.05) is 11.8 Å². The smallest absolute Gasteiger partial charge is 0.226 e. The van der Waals surface area contributed by atoms with Gasteiger partial charge in [-0.2, -0.15) is 0 Å². The van der Waals surface area contributed by atoms with E-state index in [1.165, 1.54) is 0 Å². The summed E-state index contributed by atoms with van der Waals surface area (Å²) < 4.78 is 5.60. The fourth-order valence-electron chi connectivity index (χ4n) is 2.60. The lowest BCUT2D eigenvalue weighted by atomic mass is 9.95. The molecule has 4 nitrogen and oxygen atoms in total. The van der Waals surface area contributed by atoms with Crippen molar-refractivity contribution in [2.75, 3.05) is 26.2 Å². The van der Waals surface area contributed by atoms with Crippen LogP contribution in [0.1, 0.15) is 40.0 Å². The van der Waals surface area contributed by atoms with Gasteiger partial charge in [0.2, 0.25) is 5.91 Å². The van der Waals surface area contributed by atoms with Gasteiger partial charge in [0.1, 0.15) is 0 Å². The summed E-state index contributed by atoms with van der Waals surface area (Å²) in [6.07, 6.45) is 3.14. The average molecular weight is 256 g/mol. The van der Waals surface area contributed by atoms with E-state index in [2.05, 4.69) is 13.8 Å². The topological polar surface area (TPSA) is 55.6 Å². The number of amides is 1. The van der Waals surface area contributed by atoms with Crippen LogP contribution in [0.2, 0.25) is 0 Å². The molecule has 0 aromatic carbocycles. The Morgan fingerprint density at radius 1 is 1.39 bits per heavy atom. The van der Waals surface area contributed by atoms with Crippen LogP contribution in [0.25, 0.3) is 0 Å². The van der Waals surface area contributed by atoms with Crippen molar-refractivity contribution in [3.63, 3.8) is 0 Å². The van der Waals surface area contributed by atoms with Crippen molar-refractivity contribution in [2.45, 2.75) is 46.1 Å².